The molecule has 0 amide bonds. The summed E-state index contributed by atoms with van der Waals surface area (Å²) >= 11 is 5.91. The molecule has 3 nitrogen and oxygen atoms in total. The van der Waals surface area contributed by atoms with Gasteiger partial charge >= 0.3 is 0 Å². The van der Waals surface area contributed by atoms with E-state index in [1.165, 1.54) is 0 Å². The smallest absolute Gasteiger partial charge is 0.130 e. The molecule has 1 aromatic carbocycles. The Balaban J connectivity index is 2.11. The van der Waals surface area contributed by atoms with Crippen molar-refractivity contribution in [3.05, 3.63) is 47.0 Å². The SMILES string of the molecule is Cc1ncc(COc2cccc(Cl)c2)n1C(C)C. The molecule has 0 spiro atoms. The number of benzene rings is 1. The van der Waals surface area contributed by atoms with E-state index in [4.69, 9.17) is 16.3 Å². The number of aromatic nitrogens is 2. The molecule has 4 heteroatoms. The van der Waals surface area contributed by atoms with E-state index in [-0.39, 0.29) is 0 Å². The maximum Gasteiger partial charge on any atom is 0.130 e. The third-order valence-electron chi connectivity index (χ3n) is 2.76. The van der Waals surface area contributed by atoms with E-state index in [0.29, 0.717) is 17.7 Å². The Bertz CT molecular complexity index is 534. The molecule has 1 aromatic heterocycles. The highest BCUT2D eigenvalue weighted by Gasteiger charge is 2.10. The van der Waals surface area contributed by atoms with Crippen LogP contribution >= 0.6 is 11.6 Å². The van der Waals surface area contributed by atoms with Crippen LogP contribution in [-0.2, 0) is 6.61 Å². The Labute approximate surface area is 112 Å². The predicted octanol–water partition coefficient (Wildman–Crippen LogP) is 4.00. The van der Waals surface area contributed by atoms with Crippen molar-refractivity contribution >= 4 is 11.6 Å². The summed E-state index contributed by atoms with van der Waals surface area (Å²) in [5, 5.41) is 0.682. The monoisotopic (exact) mass is 264 g/mol. The van der Waals surface area contributed by atoms with Gasteiger partial charge < -0.3 is 9.30 Å². The fraction of sp³-hybridized carbons (Fsp3) is 0.357. The van der Waals surface area contributed by atoms with Crippen molar-refractivity contribution in [2.24, 2.45) is 0 Å². The molecule has 0 radical (unpaired) electrons. The van der Waals surface area contributed by atoms with E-state index in [1.54, 1.807) is 0 Å². The van der Waals surface area contributed by atoms with Gasteiger partial charge in [-0.3, -0.25) is 0 Å². The van der Waals surface area contributed by atoms with Crippen LogP contribution in [0.1, 0.15) is 31.4 Å². The number of aryl methyl sites for hydroxylation is 1. The second kappa shape index (κ2) is 5.44. The Hall–Kier alpha value is -1.48. The summed E-state index contributed by atoms with van der Waals surface area (Å²) < 4.78 is 7.90. The molecule has 0 unspecified atom stereocenters. The zero-order chi connectivity index (χ0) is 13.1. The van der Waals surface area contributed by atoms with E-state index in [1.807, 2.05) is 37.4 Å². The normalized spacial score (nSPS) is 10.9. The van der Waals surface area contributed by atoms with Gasteiger partial charge in [-0.1, -0.05) is 17.7 Å². The molecule has 96 valence electrons. The van der Waals surface area contributed by atoms with Crippen molar-refractivity contribution in [2.45, 2.75) is 33.4 Å². The van der Waals surface area contributed by atoms with Gasteiger partial charge in [-0.15, -0.1) is 0 Å². The Kier molecular flexibility index (Phi) is 3.92. The fourth-order valence-corrected chi connectivity index (χ4v) is 2.21. The number of imidazole rings is 1. The van der Waals surface area contributed by atoms with Gasteiger partial charge in [0.05, 0.1) is 11.9 Å². The largest absolute Gasteiger partial charge is 0.487 e. The average Bonchev–Trinajstić information content (AvgIpc) is 2.68. The Morgan fingerprint density at radius 3 is 2.83 bits per heavy atom. The first-order valence-electron chi connectivity index (χ1n) is 5.99. The minimum Gasteiger partial charge on any atom is -0.487 e. The maximum absolute atomic E-state index is 5.91. The summed E-state index contributed by atoms with van der Waals surface area (Å²) in [7, 11) is 0. The first kappa shape index (κ1) is 13.0. The highest BCUT2D eigenvalue weighted by Crippen LogP contribution is 2.19. The lowest BCUT2D eigenvalue weighted by atomic mass is 10.3. The maximum atomic E-state index is 5.91. The number of ether oxygens (including phenoxy) is 1. The van der Waals surface area contributed by atoms with Crippen molar-refractivity contribution in [1.29, 1.82) is 0 Å². The first-order valence-corrected chi connectivity index (χ1v) is 6.37. The van der Waals surface area contributed by atoms with E-state index in [0.717, 1.165) is 17.3 Å². The number of halogens is 1. The molecule has 0 bridgehead atoms. The summed E-state index contributed by atoms with van der Waals surface area (Å²) in [5.74, 6) is 1.78. The van der Waals surface area contributed by atoms with E-state index in [2.05, 4.69) is 23.4 Å². The molecule has 0 saturated heterocycles. The third-order valence-corrected chi connectivity index (χ3v) is 2.99. The fourth-order valence-electron chi connectivity index (χ4n) is 2.03. The highest BCUT2D eigenvalue weighted by atomic mass is 35.5. The van der Waals surface area contributed by atoms with E-state index >= 15 is 0 Å². The first-order chi connectivity index (χ1) is 8.58. The molecule has 2 aromatic rings. The molecule has 0 aliphatic rings. The zero-order valence-corrected chi connectivity index (χ0v) is 11.6. The second-order valence-electron chi connectivity index (χ2n) is 4.51. The number of hydrogen-bond acceptors (Lipinski definition) is 2. The van der Waals surface area contributed by atoms with Crippen LogP contribution in [0.4, 0.5) is 0 Å². The summed E-state index contributed by atoms with van der Waals surface area (Å²) in [6, 6.07) is 7.80. The molecule has 0 aliphatic heterocycles. The molecule has 2 rings (SSSR count). The van der Waals surface area contributed by atoms with E-state index < -0.39 is 0 Å². The third kappa shape index (κ3) is 2.85. The second-order valence-corrected chi connectivity index (χ2v) is 4.94. The van der Waals surface area contributed by atoms with Crippen LogP contribution in [-0.4, -0.2) is 9.55 Å². The highest BCUT2D eigenvalue weighted by molar-refractivity contribution is 6.30. The summed E-state index contributed by atoms with van der Waals surface area (Å²) in [4.78, 5) is 4.32. The predicted molar refractivity (Wildman–Crippen MR) is 73.1 cm³/mol. The van der Waals surface area contributed by atoms with Crippen molar-refractivity contribution in [1.82, 2.24) is 9.55 Å². The lowest BCUT2D eigenvalue weighted by molar-refractivity contribution is 0.291. The van der Waals surface area contributed by atoms with Gasteiger partial charge in [-0.25, -0.2) is 4.98 Å². The topological polar surface area (TPSA) is 27.1 Å². The standard InChI is InChI=1S/C14H17ClN2O/c1-10(2)17-11(3)16-8-13(17)9-18-14-6-4-5-12(15)7-14/h4-8,10H,9H2,1-3H3. The van der Waals surface area contributed by atoms with Crippen molar-refractivity contribution in [3.63, 3.8) is 0 Å². The van der Waals surface area contributed by atoms with Gasteiger partial charge in [-0.2, -0.15) is 0 Å². The molecule has 0 fully saturated rings. The number of hydrogen-bond donors (Lipinski definition) is 0. The number of rotatable bonds is 4. The van der Waals surface area contributed by atoms with Gasteiger partial charge in [0.25, 0.3) is 0 Å². The minimum absolute atomic E-state index is 0.380. The number of nitrogens with zero attached hydrogens (tertiary/aromatic N) is 2. The van der Waals surface area contributed by atoms with Crippen LogP contribution in [0.25, 0.3) is 0 Å². The van der Waals surface area contributed by atoms with Crippen LogP contribution in [0.5, 0.6) is 5.75 Å². The van der Waals surface area contributed by atoms with Crippen LogP contribution in [0, 0.1) is 6.92 Å². The summed E-state index contributed by atoms with van der Waals surface area (Å²) in [5.41, 5.74) is 1.07. The average molecular weight is 265 g/mol. The molecule has 1 heterocycles. The molecule has 0 N–H and O–H groups in total. The van der Waals surface area contributed by atoms with Crippen LogP contribution in [0.3, 0.4) is 0 Å². The molecular weight excluding hydrogens is 248 g/mol. The Morgan fingerprint density at radius 2 is 2.17 bits per heavy atom. The quantitative estimate of drug-likeness (QED) is 0.834. The summed E-state index contributed by atoms with van der Waals surface area (Å²) in [6.45, 7) is 6.78. The molecule has 0 saturated carbocycles. The van der Waals surface area contributed by atoms with Crippen LogP contribution < -0.4 is 4.74 Å². The van der Waals surface area contributed by atoms with E-state index in [9.17, 15) is 0 Å². The molecule has 0 atom stereocenters. The van der Waals surface area contributed by atoms with Crippen molar-refractivity contribution in [2.75, 3.05) is 0 Å². The lowest BCUT2D eigenvalue weighted by Crippen LogP contribution is -2.09. The van der Waals surface area contributed by atoms with Gasteiger partial charge in [0.2, 0.25) is 0 Å². The van der Waals surface area contributed by atoms with Gasteiger partial charge in [-0.05, 0) is 39.0 Å². The van der Waals surface area contributed by atoms with Crippen LogP contribution in [0.15, 0.2) is 30.5 Å². The molecule has 18 heavy (non-hydrogen) atoms. The van der Waals surface area contributed by atoms with Crippen LogP contribution in [0.2, 0.25) is 5.02 Å². The van der Waals surface area contributed by atoms with Gasteiger partial charge in [0.15, 0.2) is 0 Å². The summed E-state index contributed by atoms with van der Waals surface area (Å²) in [6.07, 6.45) is 1.86. The molecular formula is C14H17ClN2O. The van der Waals surface area contributed by atoms with Crippen molar-refractivity contribution < 1.29 is 4.74 Å². The Morgan fingerprint density at radius 1 is 1.39 bits per heavy atom. The lowest BCUT2D eigenvalue weighted by Gasteiger charge is -2.14. The molecule has 0 aliphatic carbocycles. The minimum atomic E-state index is 0.380. The zero-order valence-electron chi connectivity index (χ0n) is 10.9. The van der Waals surface area contributed by atoms with Gasteiger partial charge in [0, 0.05) is 11.1 Å². The van der Waals surface area contributed by atoms with Crippen molar-refractivity contribution in [3.8, 4) is 5.75 Å². The van der Waals surface area contributed by atoms with Gasteiger partial charge in [0.1, 0.15) is 18.2 Å².